The molecule has 1 spiro atoms. The minimum absolute atomic E-state index is 0.104. The quantitative estimate of drug-likeness (QED) is 0.777. The summed E-state index contributed by atoms with van der Waals surface area (Å²) in [4.78, 5) is 13.0. The first kappa shape index (κ1) is 16.0. The van der Waals surface area contributed by atoms with Gasteiger partial charge in [0, 0.05) is 41.8 Å². The average molecular weight is 350 g/mol. The van der Waals surface area contributed by atoms with Gasteiger partial charge in [-0.15, -0.1) is 5.11 Å². The van der Waals surface area contributed by atoms with Gasteiger partial charge in [0.2, 0.25) is 10.0 Å². The van der Waals surface area contributed by atoms with Gasteiger partial charge in [0.15, 0.2) is 11.6 Å². The molecule has 1 N–H and O–H groups in total. The highest BCUT2D eigenvalue weighted by Gasteiger charge is 2.55. The number of hydrogen-bond donors (Lipinski definition) is 1. The Morgan fingerprint density at radius 1 is 1.25 bits per heavy atom. The Labute approximate surface area is 141 Å². The van der Waals surface area contributed by atoms with Gasteiger partial charge in [0.25, 0.3) is 0 Å². The van der Waals surface area contributed by atoms with Crippen LogP contribution in [0.2, 0.25) is 0 Å². The number of allylic oxidation sites excluding steroid dienone is 1. The second kappa shape index (κ2) is 4.76. The first-order valence-corrected chi connectivity index (χ1v) is 10.1. The molecule has 0 bridgehead atoms. The van der Waals surface area contributed by atoms with Crippen LogP contribution >= 0.6 is 0 Å². The molecule has 0 amide bonds. The topological polar surface area (TPSA) is 91.2 Å². The SMILES string of the molecule is CC1(C)CC(=O)C2=C(C1)NC1=C(CN=N1)C21CCN(S(C)(=O)=O)C1. The summed E-state index contributed by atoms with van der Waals surface area (Å²) < 4.78 is 25.6. The molecule has 8 heteroatoms. The fourth-order valence-electron chi connectivity index (χ4n) is 4.58. The molecule has 130 valence electrons. The van der Waals surface area contributed by atoms with Crippen molar-refractivity contribution < 1.29 is 13.2 Å². The van der Waals surface area contributed by atoms with Crippen molar-refractivity contribution in [3.05, 3.63) is 22.7 Å². The third-order valence-electron chi connectivity index (χ3n) is 5.59. The second-order valence-electron chi connectivity index (χ2n) is 8.07. The van der Waals surface area contributed by atoms with E-state index in [1.165, 1.54) is 10.6 Å². The predicted molar refractivity (Wildman–Crippen MR) is 88.4 cm³/mol. The van der Waals surface area contributed by atoms with Gasteiger partial charge < -0.3 is 5.32 Å². The zero-order chi connectivity index (χ0) is 17.3. The lowest BCUT2D eigenvalue weighted by Gasteiger charge is -2.43. The molecule has 7 nitrogen and oxygen atoms in total. The summed E-state index contributed by atoms with van der Waals surface area (Å²) in [5.74, 6) is 0.845. The van der Waals surface area contributed by atoms with Crippen LogP contribution in [0.3, 0.4) is 0 Å². The molecule has 1 aliphatic carbocycles. The number of Topliss-reactive ketones (excluding diaryl/α,β-unsaturated/α-hetero) is 1. The minimum Gasteiger partial charge on any atom is -0.342 e. The Balaban J connectivity index is 1.85. The van der Waals surface area contributed by atoms with Crippen molar-refractivity contribution in [3.8, 4) is 0 Å². The highest BCUT2D eigenvalue weighted by atomic mass is 32.2. The van der Waals surface area contributed by atoms with Crippen LogP contribution in [-0.2, 0) is 14.8 Å². The molecule has 3 aliphatic heterocycles. The van der Waals surface area contributed by atoms with Gasteiger partial charge in [0.05, 0.1) is 12.8 Å². The van der Waals surface area contributed by atoms with Gasteiger partial charge in [0.1, 0.15) is 0 Å². The third-order valence-corrected chi connectivity index (χ3v) is 6.84. The molecule has 3 heterocycles. The van der Waals surface area contributed by atoms with Crippen LogP contribution in [0.5, 0.6) is 0 Å². The number of nitrogens with one attached hydrogen (secondary N) is 1. The molecule has 1 saturated heterocycles. The Morgan fingerprint density at radius 3 is 2.67 bits per heavy atom. The van der Waals surface area contributed by atoms with Crippen LogP contribution in [-0.4, -0.2) is 44.4 Å². The first-order valence-electron chi connectivity index (χ1n) is 8.23. The predicted octanol–water partition coefficient (Wildman–Crippen LogP) is 1.56. The molecule has 0 aromatic heterocycles. The van der Waals surface area contributed by atoms with Gasteiger partial charge in [-0.1, -0.05) is 13.8 Å². The number of fused-ring (bicyclic) bond motifs is 2. The number of rotatable bonds is 1. The summed E-state index contributed by atoms with van der Waals surface area (Å²) in [6.45, 7) is 5.36. The maximum absolute atomic E-state index is 13.0. The Morgan fingerprint density at radius 2 is 2.00 bits per heavy atom. The summed E-state index contributed by atoms with van der Waals surface area (Å²) >= 11 is 0. The standard InChI is InChI=1S/C16H22N4O3S/c1-15(2)6-11-13(12(21)7-15)16(10-8-17-19-14(10)18-11)4-5-20(9-16)24(3,22)23/h18H,4-9H2,1-3H3. The molecule has 1 unspecified atom stereocenters. The highest BCUT2D eigenvalue weighted by molar-refractivity contribution is 7.88. The molecular formula is C16H22N4O3S. The van der Waals surface area contributed by atoms with E-state index in [9.17, 15) is 13.2 Å². The van der Waals surface area contributed by atoms with E-state index in [1.54, 1.807) is 0 Å². The number of ketones is 1. The maximum atomic E-state index is 13.0. The van der Waals surface area contributed by atoms with E-state index in [4.69, 9.17) is 0 Å². The van der Waals surface area contributed by atoms with Crippen molar-refractivity contribution in [3.63, 3.8) is 0 Å². The van der Waals surface area contributed by atoms with E-state index >= 15 is 0 Å². The van der Waals surface area contributed by atoms with Gasteiger partial charge in [-0.05, 0) is 18.3 Å². The second-order valence-corrected chi connectivity index (χ2v) is 10.1. The molecule has 24 heavy (non-hydrogen) atoms. The Bertz CT molecular complexity index is 837. The summed E-state index contributed by atoms with van der Waals surface area (Å²) in [7, 11) is -3.29. The van der Waals surface area contributed by atoms with Crippen molar-refractivity contribution in [2.75, 3.05) is 25.9 Å². The van der Waals surface area contributed by atoms with E-state index in [-0.39, 0.29) is 11.2 Å². The lowest BCUT2D eigenvalue weighted by atomic mass is 9.63. The van der Waals surface area contributed by atoms with Crippen molar-refractivity contribution in [2.45, 2.75) is 33.1 Å². The zero-order valence-electron chi connectivity index (χ0n) is 14.2. The number of carbonyl (C=O) groups excluding carboxylic acids is 1. The summed E-state index contributed by atoms with van der Waals surface area (Å²) in [6.07, 6.45) is 3.11. The van der Waals surface area contributed by atoms with Crippen molar-refractivity contribution in [1.82, 2.24) is 9.62 Å². The minimum atomic E-state index is -3.29. The normalized spacial score (nSPS) is 32.4. The molecular weight excluding hydrogens is 328 g/mol. The van der Waals surface area contributed by atoms with Crippen LogP contribution in [0.1, 0.15) is 33.1 Å². The fourth-order valence-corrected chi connectivity index (χ4v) is 5.45. The third kappa shape index (κ3) is 2.19. The van der Waals surface area contributed by atoms with Gasteiger partial charge >= 0.3 is 0 Å². The number of dihydropyridines is 1. The van der Waals surface area contributed by atoms with Crippen LogP contribution in [0.25, 0.3) is 0 Å². The number of azo groups is 1. The Hall–Kier alpha value is -1.54. The van der Waals surface area contributed by atoms with Crippen LogP contribution in [0.4, 0.5) is 0 Å². The lowest BCUT2D eigenvalue weighted by molar-refractivity contribution is -0.119. The van der Waals surface area contributed by atoms with E-state index in [0.717, 1.165) is 29.1 Å². The van der Waals surface area contributed by atoms with E-state index < -0.39 is 15.4 Å². The zero-order valence-corrected chi connectivity index (χ0v) is 15.0. The van der Waals surface area contributed by atoms with Crippen LogP contribution in [0, 0.1) is 10.8 Å². The van der Waals surface area contributed by atoms with E-state index in [0.29, 0.717) is 32.5 Å². The van der Waals surface area contributed by atoms with Gasteiger partial charge in [-0.2, -0.15) is 5.11 Å². The molecule has 0 radical (unpaired) electrons. The van der Waals surface area contributed by atoms with Crippen molar-refractivity contribution in [2.24, 2.45) is 21.1 Å². The van der Waals surface area contributed by atoms with E-state index in [2.05, 4.69) is 29.4 Å². The number of carbonyl (C=O) groups is 1. The number of hydrogen-bond acceptors (Lipinski definition) is 6. The monoisotopic (exact) mass is 350 g/mol. The lowest BCUT2D eigenvalue weighted by Crippen LogP contribution is -2.45. The summed E-state index contributed by atoms with van der Waals surface area (Å²) in [5, 5.41) is 11.7. The highest BCUT2D eigenvalue weighted by Crippen LogP contribution is 2.54. The smallest absolute Gasteiger partial charge is 0.211 e. The Kier molecular flexibility index (Phi) is 3.16. The average Bonchev–Trinajstić information content (AvgIpc) is 3.03. The molecule has 4 aliphatic rings. The largest absolute Gasteiger partial charge is 0.342 e. The molecule has 0 aromatic carbocycles. The molecule has 0 saturated carbocycles. The number of nitrogens with zero attached hydrogens (tertiary/aromatic N) is 3. The number of sulfonamides is 1. The van der Waals surface area contributed by atoms with Gasteiger partial charge in [-0.3, -0.25) is 4.79 Å². The molecule has 1 atom stereocenters. The fraction of sp³-hybridized carbons (Fsp3) is 0.688. The maximum Gasteiger partial charge on any atom is 0.211 e. The van der Waals surface area contributed by atoms with Crippen molar-refractivity contribution in [1.29, 1.82) is 0 Å². The van der Waals surface area contributed by atoms with E-state index in [1.807, 2.05) is 0 Å². The van der Waals surface area contributed by atoms with Crippen LogP contribution < -0.4 is 5.32 Å². The molecule has 1 fully saturated rings. The molecule has 0 aromatic rings. The van der Waals surface area contributed by atoms with Crippen molar-refractivity contribution >= 4 is 15.8 Å². The summed E-state index contributed by atoms with van der Waals surface area (Å²) in [5.41, 5.74) is 1.99. The first-order chi connectivity index (χ1) is 11.1. The van der Waals surface area contributed by atoms with Gasteiger partial charge in [-0.25, -0.2) is 12.7 Å². The van der Waals surface area contributed by atoms with Crippen LogP contribution in [0.15, 0.2) is 32.9 Å². The molecule has 4 rings (SSSR count). The summed E-state index contributed by atoms with van der Waals surface area (Å²) in [6, 6.07) is 0.